The molecule has 1 rings (SSSR count). The van der Waals surface area contributed by atoms with Gasteiger partial charge < -0.3 is 77.5 Å². The number of nitrogens with zero attached hydrogens (tertiary/aromatic N) is 3. The zero-order valence-corrected chi connectivity index (χ0v) is 47.3. The minimum absolute atomic E-state index is 0. The zero-order valence-electron chi connectivity index (χ0n) is 44.5. The second-order valence-electron chi connectivity index (χ2n) is 18.2. The predicted molar refractivity (Wildman–Crippen MR) is 270 cm³/mol. The van der Waals surface area contributed by atoms with Gasteiger partial charge in [0.15, 0.2) is 0 Å². The Labute approximate surface area is 480 Å². The number of amides is 6. The molecule has 30 nitrogen and oxygen atoms in total. The Morgan fingerprint density at radius 3 is 1.53 bits per heavy atom. The van der Waals surface area contributed by atoms with Crippen molar-refractivity contribution in [3.05, 3.63) is 29.8 Å². The van der Waals surface area contributed by atoms with Gasteiger partial charge in [0, 0.05) is 90.7 Å². The number of rotatable bonds is 44. The number of hydrogen-bond donors (Lipinski definition) is 13. The number of hydrogen-bond acceptors (Lipinski definition) is 18. The van der Waals surface area contributed by atoms with Gasteiger partial charge >= 0.3 is 35.8 Å². The molecule has 0 spiro atoms. The van der Waals surface area contributed by atoms with Gasteiger partial charge in [-0.25, -0.2) is 0 Å². The number of benzene rings is 1. The molecule has 0 aromatic heterocycles. The molecule has 0 bridgehead atoms. The number of nitrogens with one attached hydrogen (secondary N) is 5. The largest absolute Gasteiger partial charge is 0.508 e. The summed E-state index contributed by atoms with van der Waals surface area (Å²) in [7, 11) is 0. The number of primary amides is 1. The van der Waals surface area contributed by atoms with Crippen molar-refractivity contribution in [1.29, 1.82) is 0 Å². The first-order chi connectivity index (χ1) is 36.7. The van der Waals surface area contributed by atoms with E-state index in [2.05, 4.69) is 26.6 Å². The van der Waals surface area contributed by atoms with Gasteiger partial charge in [-0.1, -0.05) is 39.3 Å². The summed E-state index contributed by atoms with van der Waals surface area (Å²) in [6, 6.07) is 0.541. The van der Waals surface area contributed by atoms with E-state index in [-0.39, 0.29) is 136 Å². The van der Waals surface area contributed by atoms with Crippen molar-refractivity contribution in [2.45, 2.75) is 89.9 Å². The zero-order chi connectivity index (χ0) is 58.9. The van der Waals surface area contributed by atoms with E-state index in [1.165, 1.54) is 17.0 Å². The maximum absolute atomic E-state index is 13.7. The Morgan fingerprint density at radius 2 is 1.08 bits per heavy atom. The van der Waals surface area contributed by atoms with Crippen LogP contribution in [-0.4, -0.2) is 238 Å². The molecule has 1 aromatic rings. The summed E-state index contributed by atoms with van der Waals surface area (Å²) in [4.78, 5) is 151. The van der Waals surface area contributed by atoms with Crippen molar-refractivity contribution in [3.63, 3.8) is 0 Å². The molecule has 0 aliphatic rings. The van der Waals surface area contributed by atoms with Crippen LogP contribution in [0.5, 0.6) is 5.75 Å². The molecule has 0 saturated heterocycles. The topological polar surface area (TPSA) is 461 Å². The van der Waals surface area contributed by atoms with Crippen LogP contribution in [0.3, 0.4) is 0 Å². The molecule has 0 saturated carbocycles. The Balaban J connectivity index is 0.0000608. The summed E-state index contributed by atoms with van der Waals surface area (Å²) in [5.74, 6) is -13.9. The standard InChI is InChI=1S/C48H75N9O21.Y/c1-4-29(2)43(54-44(71)30(3)23-31-5-7-32(58)8-6-31)47(74)52-33(9-11-36(49)59)46(73)53-34(24-38(61)62)45(72)51-14-20-78-22-21-77-19-13-50-37(60)12-10-35(48(75)76)57(17-15-55(25-39(63)64)26-40(65)66)18-16-56(27-41(67)68)28-42(69)70;/h5-8,29-30,33-35,43,58H,4,9-28H2,1-3H3,(H2,49,59)(H,50,60)(H,51,72)(H,52,74)(H,53,73)(H,54,71)(H,61,62)(H,63,64)(H,65,66)(H,67,68)(H,69,70)(H,75,76);/t29?,30-,33-,34-,35-,43-;/m0./s1. The van der Waals surface area contributed by atoms with E-state index in [1.54, 1.807) is 32.9 Å². The van der Waals surface area contributed by atoms with Gasteiger partial charge in [0.05, 0.1) is 59.0 Å². The molecular weight excluding hydrogens is 1130 g/mol. The molecule has 0 heterocycles. The normalized spacial score (nSPS) is 13.3. The van der Waals surface area contributed by atoms with Crippen LogP contribution in [0.2, 0.25) is 0 Å². The number of aliphatic carboxylic acids is 6. The van der Waals surface area contributed by atoms with Crippen LogP contribution < -0.4 is 32.3 Å². The Bertz CT molecular complexity index is 2100. The third kappa shape index (κ3) is 32.9. The van der Waals surface area contributed by atoms with Crippen LogP contribution in [0.1, 0.15) is 64.9 Å². The summed E-state index contributed by atoms with van der Waals surface area (Å²) in [5, 5.41) is 78.6. The fourth-order valence-corrected chi connectivity index (χ4v) is 7.48. The number of ether oxygens (including phenoxy) is 2. The third-order valence-electron chi connectivity index (χ3n) is 11.7. The molecule has 1 aromatic carbocycles. The van der Waals surface area contributed by atoms with Crippen LogP contribution >= 0.6 is 0 Å². The fourth-order valence-electron chi connectivity index (χ4n) is 7.48. The number of phenolic OH excluding ortho intramolecular Hbond substituents is 1. The van der Waals surface area contributed by atoms with Crippen molar-refractivity contribution in [2.75, 3.05) is 91.9 Å². The van der Waals surface area contributed by atoms with Gasteiger partial charge in [-0.3, -0.25) is 72.2 Å². The van der Waals surface area contributed by atoms with Gasteiger partial charge in [-0.05, 0) is 42.9 Å². The summed E-state index contributed by atoms with van der Waals surface area (Å²) in [6.07, 6.45) is -1.55. The first-order valence-corrected chi connectivity index (χ1v) is 24.9. The van der Waals surface area contributed by atoms with Gasteiger partial charge in [0.1, 0.15) is 29.9 Å². The molecular formula is C48H75N9O21Y. The third-order valence-corrected chi connectivity index (χ3v) is 11.7. The van der Waals surface area contributed by atoms with E-state index in [4.69, 9.17) is 15.2 Å². The van der Waals surface area contributed by atoms with E-state index in [9.17, 15) is 93.3 Å². The minimum Gasteiger partial charge on any atom is -0.508 e. The maximum atomic E-state index is 13.7. The first kappa shape index (κ1) is 72.6. The summed E-state index contributed by atoms with van der Waals surface area (Å²) >= 11 is 0. The SMILES string of the molecule is CCC(C)[C@H](NC(=O)[C@@H](C)Cc1ccc(O)cc1)C(=O)N[C@@H](CCC(N)=O)C(=O)N[C@@H](CC(=O)O)C(=O)NCCOCCOCCNC(=O)CC[C@@H](C(=O)O)N(CCN(CC(=O)O)CC(=O)O)CCN(CC(=O)O)CC(=O)O.[Y]. The number of carboxylic acid groups (broad SMARTS) is 6. The van der Waals surface area contributed by atoms with Gasteiger partial charge in [-0.2, -0.15) is 0 Å². The smallest absolute Gasteiger partial charge is 0.320 e. The average molecular weight is 1200 g/mol. The first-order valence-electron chi connectivity index (χ1n) is 24.9. The molecule has 6 atom stereocenters. The second-order valence-corrected chi connectivity index (χ2v) is 18.2. The van der Waals surface area contributed by atoms with Gasteiger partial charge in [0.2, 0.25) is 35.4 Å². The molecule has 0 aliphatic carbocycles. The summed E-state index contributed by atoms with van der Waals surface area (Å²) in [6.45, 7) is 0.927. The fraction of sp³-hybridized carbons (Fsp3) is 0.625. The molecule has 0 fully saturated rings. The van der Waals surface area contributed by atoms with Crippen molar-refractivity contribution in [3.8, 4) is 5.75 Å². The monoisotopic (exact) mass is 1200 g/mol. The summed E-state index contributed by atoms with van der Waals surface area (Å²) < 4.78 is 10.9. The summed E-state index contributed by atoms with van der Waals surface area (Å²) in [5.41, 5.74) is 6.08. The molecule has 14 N–H and O–H groups in total. The maximum Gasteiger partial charge on any atom is 0.320 e. The molecule has 0 aliphatic heterocycles. The number of phenols is 1. The second kappa shape index (κ2) is 39.8. The van der Waals surface area contributed by atoms with Gasteiger partial charge in [-0.15, -0.1) is 0 Å². The van der Waals surface area contributed by atoms with E-state index in [0.717, 1.165) is 15.4 Å². The molecule has 1 radical (unpaired) electrons. The van der Waals surface area contributed by atoms with E-state index >= 15 is 0 Å². The number of carboxylic acids is 6. The van der Waals surface area contributed by atoms with Crippen LogP contribution in [-0.2, 0) is 106 Å². The van der Waals surface area contributed by atoms with Crippen LogP contribution in [0.15, 0.2) is 24.3 Å². The quantitative estimate of drug-likeness (QED) is 0.0283. The van der Waals surface area contributed by atoms with Gasteiger partial charge in [0.25, 0.3) is 0 Å². The molecule has 6 amide bonds. The van der Waals surface area contributed by atoms with Crippen LogP contribution in [0.25, 0.3) is 0 Å². The van der Waals surface area contributed by atoms with Crippen molar-refractivity contribution in [2.24, 2.45) is 17.6 Å². The number of carbonyl (C=O) groups is 12. The van der Waals surface area contributed by atoms with Crippen molar-refractivity contribution >= 4 is 71.3 Å². The Morgan fingerprint density at radius 1 is 0.582 bits per heavy atom. The average Bonchev–Trinajstić information content (AvgIpc) is 3.34. The van der Waals surface area contributed by atoms with Crippen molar-refractivity contribution in [1.82, 2.24) is 41.3 Å². The van der Waals surface area contributed by atoms with E-state index < -0.39 is 140 Å². The molecule has 79 heavy (non-hydrogen) atoms. The number of carbonyl (C=O) groups excluding carboxylic acids is 6. The predicted octanol–water partition coefficient (Wildman–Crippen LogP) is -3.45. The number of aromatic hydroxyl groups is 1. The van der Waals surface area contributed by atoms with Crippen molar-refractivity contribution < 1.29 is 135 Å². The van der Waals surface area contributed by atoms with Crippen LogP contribution in [0, 0.1) is 11.8 Å². The van der Waals surface area contributed by atoms with E-state index in [1.807, 2.05) is 0 Å². The Kier molecular flexibility index (Phi) is 36.6. The molecule has 441 valence electrons. The Hall–Kier alpha value is -6.44. The van der Waals surface area contributed by atoms with E-state index in [0.29, 0.717) is 6.42 Å². The minimum atomic E-state index is -1.65. The molecule has 31 heteroatoms. The number of nitrogens with two attached hydrogens (primary N) is 1. The molecule has 1 unspecified atom stereocenters. The van der Waals surface area contributed by atoms with Crippen LogP contribution in [0.4, 0.5) is 0 Å².